The standard InChI is InChI=1S/C20H29NO5/c1-5-25-17-10-9-15(11-18(17)24-4)20(23)26-12-19(22)21-16-8-6-7-13(2)14(16)3/h9-11,13-14,16H,5-8,12H2,1-4H3,(H,21,22). The van der Waals surface area contributed by atoms with Gasteiger partial charge >= 0.3 is 5.97 Å². The molecule has 0 saturated heterocycles. The summed E-state index contributed by atoms with van der Waals surface area (Å²) in [5.74, 6) is 1.21. The molecule has 1 aliphatic carbocycles. The van der Waals surface area contributed by atoms with E-state index in [2.05, 4.69) is 19.2 Å². The fourth-order valence-electron chi connectivity index (χ4n) is 3.32. The molecule has 0 aromatic heterocycles. The summed E-state index contributed by atoms with van der Waals surface area (Å²) in [4.78, 5) is 24.3. The largest absolute Gasteiger partial charge is 0.493 e. The highest BCUT2D eigenvalue weighted by Crippen LogP contribution is 2.30. The minimum Gasteiger partial charge on any atom is -0.493 e. The van der Waals surface area contributed by atoms with E-state index in [9.17, 15) is 9.59 Å². The minimum absolute atomic E-state index is 0.149. The maximum Gasteiger partial charge on any atom is 0.338 e. The molecule has 1 aliphatic rings. The monoisotopic (exact) mass is 363 g/mol. The van der Waals surface area contributed by atoms with Crippen molar-refractivity contribution in [3.8, 4) is 11.5 Å². The Labute approximate surface area is 155 Å². The average molecular weight is 363 g/mol. The Bertz CT molecular complexity index is 631. The Kier molecular flexibility index (Phi) is 7.30. The van der Waals surface area contributed by atoms with Crippen molar-refractivity contribution >= 4 is 11.9 Å². The molecular formula is C20H29NO5. The van der Waals surface area contributed by atoms with Gasteiger partial charge in [0, 0.05) is 6.04 Å². The summed E-state index contributed by atoms with van der Waals surface area (Å²) >= 11 is 0. The highest BCUT2D eigenvalue weighted by Gasteiger charge is 2.28. The molecule has 0 bridgehead atoms. The third-order valence-electron chi connectivity index (χ3n) is 5.09. The molecule has 144 valence electrons. The summed E-state index contributed by atoms with van der Waals surface area (Å²) in [5, 5.41) is 2.99. The van der Waals surface area contributed by atoms with Gasteiger partial charge in [-0.05, 0) is 43.4 Å². The van der Waals surface area contributed by atoms with E-state index in [0.29, 0.717) is 35.5 Å². The van der Waals surface area contributed by atoms with Gasteiger partial charge in [-0.1, -0.05) is 26.7 Å². The topological polar surface area (TPSA) is 73.9 Å². The zero-order chi connectivity index (χ0) is 19.1. The predicted octanol–water partition coefficient (Wildman–Crippen LogP) is 3.19. The number of carbonyl (C=O) groups is 2. The summed E-state index contributed by atoms with van der Waals surface area (Å²) in [6, 6.07) is 4.95. The first-order valence-electron chi connectivity index (χ1n) is 9.23. The molecule has 1 amide bonds. The lowest BCUT2D eigenvalue weighted by Crippen LogP contribution is -2.45. The number of hydrogen-bond acceptors (Lipinski definition) is 5. The first kappa shape index (κ1) is 20.1. The van der Waals surface area contributed by atoms with E-state index in [1.807, 2.05) is 6.92 Å². The SMILES string of the molecule is CCOc1ccc(C(=O)OCC(=O)NC2CCCC(C)C2C)cc1OC. The third-order valence-corrected chi connectivity index (χ3v) is 5.09. The van der Waals surface area contributed by atoms with Gasteiger partial charge in [0.1, 0.15) is 0 Å². The normalized spacial score (nSPS) is 22.4. The second kappa shape index (κ2) is 9.46. The van der Waals surface area contributed by atoms with E-state index in [1.54, 1.807) is 18.2 Å². The van der Waals surface area contributed by atoms with Crippen molar-refractivity contribution in [3.05, 3.63) is 23.8 Å². The number of benzene rings is 1. The molecule has 6 heteroatoms. The van der Waals surface area contributed by atoms with Crippen LogP contribution in [0.5, 0.6) is 11.5 Å². The molecule has 1 N–H and O–H groups in total. The van der Waals surface area contributed by atoms with Crippen molar-refractivity contribution in [3.63, 3.8) is 0 Å². The average Bonchev–Trinajstić information content (AvgIpc) is 2.64. The zero-order valence-electron chi connectivity index (χ0n) is 16.0. The molecule has 3 unspecified atom stereocenters. The molecule has 0 radical (unpaired) electrons. The first-order chi connectivity index (χ1) is 12.5. The maximum absolute atomic E-state index is 12.2. The van der Waals surface area contributed by atoms with Gasteiger partial charge in [0.2, 0.25) is 0 Å². The lowest BCUT2D eigenvalue weighted by atomic mass is 9.78. The molecular weight excluding hydrogens is 334 g/mol. The fraction of sp³-hybridized carbons (Fsp3) is 0.600. The maximum atomic E-state index is 12.2. The van der Waals surface area contributed by atoms with Gasteiger partial charge in [0.25, 0.3) is 5.91 Å². The lowest BCUT2D eigenvalue weighted by Gasteiger charge is -2.34. The van der Waals surface area contributed by atoms with Crippen LogP contribution in [-0.4, -0.2) is 38.2 Å². The van der Waals surface area contributed by atoms with Gasteiger partial charge in [-0.2, -0.15) is 0 Å². The van der Waals surface area contributed by atoms with Crippen LogP contribution in [0.3, 0.4) is 0 Å². The van der Waals surface area contributed by atoms with Crippen molar-refractivity contribution in [2.75, 3.05) is 20.3 Å². The van der Waals surface area contributed by atoms with E-state index in [0.717, 1.165) is 12.8 Å². The minimum atomic E-state index is -0.563. The molecule has 0 aliphatic heterocycles. The molecule has 1 aromatic carbocycles. The van der Waals surface area contributed by atoms with E-state index in [1.165, 1.54) is 13.5 Å². The highest BCUT2D eigenvalue weighted by molar-refractivity contribution is 5.92. The van der Waals surface area contributed by atoms with Gasteiger partial charge in [-0.15, -0.1) is 0 Å². The zero-order valence-corrected chi connectivity index (χ0v) is 16.0. The number of ether oxygens (including phenoxy) is 3. The van der Waals surface area contributed by atoms with E-state index in [4.69, 9.17) is 14.2 Å². The van der Waals surface area contributed by atoms with Crippen molar-refractivity contribution in [1.29, 1.82) is 0 Å². The number of esters is 1. The number of carbonyl (C=O) groups excluding carboxylic acids is 2. The Balaban J connectivity index is 1.88. The highest BCUT2D eigenvalue weighted by atomic mass is 16.5. The summed E-state index contributed by atoms with van der Waals surface area (Å²) < 4.78 is 15.8. The smallest absolute Gasteiger partial charge is 0.338 e. The summed E-state index contributed by atoms with van der Waals surface area (Å²) in [6.07, 6.45) is 3.28. The van der Waals surface area contributed by atoms with Crippen molar-refractivity contribution in [2.45, 2.75) is 46.1 Å². The molecule has 26 heavy (non-hydrogen) atoms. The van der Waals surface area contributed by atoms with E-state index < -0.39 is 5.97 Å². The summed E-state index contributed by atoms with van der Waals surface area (Å²) in [5.41, 5.74) is 0.317. The van der Waals surface area contributed by atoms with Crippen molar-refractivity contribution < 1.29 is 23.8 Å². The Morgan fingerprint density at radius 3 is 2.65 bits per heavy atom. The molecule has 3 atom stereocenters. The lowest BCUT2D eigenvalue weighted by molar-refractivity contribution is -0.125. The molecule has 2 rings (SSSR count). The van der Waals surface area contributed by atoms with Crippen LogP contribution >= 0.6 is 0 Å². The van der Waals surface area contributed by atoms with Crippen LogP contribution in [0.4, 0.5) is 0 Å². The Morgan fingerprint density at radius 2 is 1.96 bits per heavy atom. The molecule has 1 fully saturated rings. The van der Waals surface area contributed by atoms with Crippen LogP contribution in [0.2, 0.25) is 0 Å². The van der Waals surface area contributed by atoms with Crippen LogP contribution in [0, 0.1) is 11.8 Å². The van der Waals surface area contributed by atoms with Gasteiger partial charge < -0.3 is 19.5 Å². The third kappa shape index (κ3) is 5.13. The van der Waals surface area contributed by atoms with Crippen LogP contribution in [0.25, 0.3) is 0 Å². The molecule has 0 spiro atoms. The second-order valence-electron chi connectivity index (χ2n) is 6.82. The first-order valence-corrected chi connectivity index (χ1v) is 9.23. The van der Waals surface area contributed by atoms with Gasteiger partial charge in [0.05, 0.1) is 19.3 Å². The second-order valence-corrected chi connectivity index (χ2v) is 6.82. The van der Waals surface area contributed by atoms with Gasteiger partial charge in [-0.3, -0.25) is 4.79 Å². The summed E-state index contributed by atoms with van der Waals surface area (Å²) in [7, 11) is 1.51. The number of nitrogens with one attached hydrogen (secondary N) is 1. The van der Waals surface area contributed by atoms with Crippen LogP contribution in [0.15, 0.2) is 18.2 Å². The number of rotatable bonds is 7. The molecule has 0 heterocycles. The Morgan fingerprint density at radius 1 is 1.19 bits per heavy atom. The van der Waals surface area contributed by atoms with E-state index >= 15 is 0 Å². The van der Waals surface area contributed by atoms with Crippen molar-refractivity contribution in [2.24, 2.45) is 11.8 Å². The molecule has 1 aromatic rings. The number of methoxy groups -OCH3 is 1. The van der Waals surface area contributed by atoms with Crippen LogP contribution in [0.1, 0.15) is 50.4 Å². The quantitative estimate of drug-likeness (QED) is 0.753. The van der Waals surface area contributed by atoms with Crippen LogP contribution < -0.4 is 14.8 Å². The van der Waals surface area contributed by atoms with Gasteiger partial charge in [-0.25, -0.2) is 4.79 Å². The van der Waals surface area contributed by atoms with Crippen LogP contribution in [-0.2, 0) is 9.53 Å². The van der Waals surface area contributed by atoms with Crippen molar-refractivity contribution in [1.82, 2.24) is 5.32 Å². The van der Waals surface area contributed by atoms with Gasteiger partial charge in [0.15, 0.2) is 18.1 Å². The molecule has 6 nitrogen and oxygen atoms in total. The van der Waals surface area contributed by atoms with E-state index in [-0.39, 0.29) is 18.6 Å². The number of hydrogen-bond donors (Lipinski definition) is 1. The fourth-order valence-corrected chi connectivity index (χ4v) is 3.32. The summed E-state index contributed by atoms with van der Waals surface area (Å²) in [6.45, 7) is 6.45. The Hall–Kier alpha value is -2.24. The predicted molar refractivity (Wildman–Crippen MR) is 98.6 cm³/mol. The number of amides is 1. The molecule has 1 saturated carbocycles.